The van der Waals surface area contributed by atoms with E-state index in [0.717, 1.165) is 43.0 Å². The van der Waals surface area contributed by atoms with Crippen molar-refractivity contribution in [3.8, 4) is 0 Å². The second-order valence-electron chi connectivity index (χ2n) is 5.32. The topological polar surface area (TPSA) is 57.2 Å². The highest BCUT2D eigenvalue weighted by atomic mass is 32.2. The Morgan fingerprint density at radius 3 is 2.55 bits per heavy atom. The summed E-state index contributed by atoms with van der Waals surface area (Å²) in [6, 6.07) is 0.479. The maximum absolute atomic E-state index is 4.72. The van der Waals surface area contributed by atoms with Gasteiger partial charge in [-0.15, -0.1) is 0 Å². The van der Waals surface area contributed by atoms with Crippen LogP contribution in [0.25, 0.3) is 0 Å². The van der Waals surface area contributed by atoms with E-state index >= 15 is 0 Å². The molecule has 1 N–H and O–H groups in total. The second-order valence-corrected chi connectivity index (χ2v) is 6.47. The van der Waals surface area contributed by atoms with Crippen LogP contribution < -0.4 is 15.1 Å². The first-order chi connectivity index (χ1) is 9.78. The molecule has 2 saturated heterocycles. The Balaban J connectivity index is 1.90. The lowest BCUT2D eigenvalue weighted by Crippen LogP contribution is -2.41. The monoisotopic (exact) mass is 294 g/mol. The van der Waals surface area contributed by atoms with Crippen LogP contribution in [0.5, 0.6) is 0 Å². The highest BCUT2D eigenvalue weighted by molar-refractivity contribution is 7.99. The van der Waals surface area contributed by atoms with E-state index in [-0.39, 0.29) is 0 Å². The smallest absolute Gasteiger partial charge is 0.232 e. The van der Waals surface area contributed by atoms with Crippen LogP contribution in [0.3, 0.4) is 0 Å². The van der Waals surface area contributed by atoms with Gasteiger partial charge < -0.3 is 15.1 Å². The van der Waals surface area contributed by atoms with Crippen LogP contribution in [0.1, 0.15) is 19.8 Å². The molecule has 1 aromatic heterocycles. The van der Waals surface area contributed by atoms with Crippen LogP contribution in [-0.4, -0.2) is 59.2 Å². The Hall–Kier alpha value is -1.24. The van der Waals surface area contributed by atoms with E-state index < -0.39 is 0 Å². The molecule has 0 aliphatic carbocycles. The number of thioether (sulfide) groups is 1. The van der Waals surface area contributed by atoms with Crippen LogP contribution in [0, 0.1) is 0 Å². The average Bonchev–Trinajstić information content (AvgIpc) is 3.01. The van der Waals surface area contributed by atoms with Crippen molar-refractivity contribution >= 4 is 29.6 Å². The van der Waals surface area contributed by atoms with Crippen molar-refractivity contribution in [2.45, 2.75) is 25.8 Å². The summed E-state index contributed by atoms with van der Waals surface area (Å²) in [5, 5.41) is 3.06. The normalized spacial score (nSPS) is 23.2. The van der Waals surface area contributed by atoms with Gasteiger partial charge in [-0.3, -0.25) is 0 Å². The van der Waals surface area contributed by atoms with Crippen molar-refractivity contribution in [2.75, 3.05) is 53.3 Å². The lowest BCUT2D eigenvalue weighted by Gasteiger charge is -2.33. The van der Waals surface area contributed by atoms with E-state index in [0.29, 0.717) is 12.0 Å². The third-order valence-electron chi connectivity index (χ3n) is 3.85. The van der Waals surface area contributed by atoms with Crippen LogP contribution in [0.15, 0.2) is 0 Å². The number of nitrogens with zero attached hydrogens (tertiary/aromatic N) is 5. The highest BCUT2D eigenvalue weighted by Gasteiger charge is 2.24. The first-order valence-electron chi connectivity index (χ1n) is 7.31. The van der Waals surface area contributed by atoms with Gasteiger partial charge >= 0.3 is 0 Å². The molecule has 3 heterocycles. The molecule has 0 spiro atoms. The number of aromatic nitrogens is 3. The number of anilines is 3. The predicted molar refractivity (Wildman–Crippen MR) is 85.0 cm³/mol. The average molecular weight is 294 g/mol. The van der Waals surface area contributed by atoms with Crippen LogP contribution in [0.4, 0.5) is 17.8 Å². The minimum atomic E-state index is 0.479. The van der Waals surface area contributed by atoms with E-state index in [1.807, 2.05) is 18.8 Å². The Morgan fingerprint density at radius 1 is 1.10 bits per heavy atom. The zero-order valence-corrected chi connectivity index (χ0v) is 13.0. The zero-order valence-electron chi connectivity index (χ0n) is 12.2. The first kappa shape index (κ1) is 13.7. The fraction of sp³-hybridized carbons (Fsp3) is 0.769. The maximum atomic E-state index is 4.72. The number of nitrogens with one attached hydrogen (secondary N) is 1. The Kier molecular flexibility index (Phi) is 4.14. The number of hydrogen-bond donors (Lipinski definition) is 1. The minimum Gasteiger partial charge on any atom is -0.357 e. The van der Waals surface area contributed by atoms with Gasteiger partial charge in [0.2, 0.25) is 17.8 Å². The van der Waals surface area contributed by atoms with E-state index in [4.69, 9.17) is 4.98 Å². The molecule has 1 unspecified atom stereocenters. The van der Waals surface area contributed by atoms with Crippen molar-refractivity contribution in [1.29, 1.82) is 0 Å². The molecule has 0 saturated carbocycles. The highest BCUT2D eigenvalue weighted by Crippen LogP contribution is 2.24. The van der Waals surface area contributed by atoms with E-state index in [1.54, 1.807) is 0 Å². The molecule has 20 heavy (non-hydrogen) atoms. The predicted octanol–water partition coefficient (Wildman–Crippen LogP) is 1.46. The van der Waals surface area contributed by atoms with Crippen molar-refractivity contribution in [3.63, 3.8) is 0 Å². The SMILES string of the molecule is CNc1nc(N2CCCC2)nc(N2CCSCC2C)n1. The quantitative estimate of drug-likeness (QED) is 0.905. The van der Waals surface area contributed by atoms with Gasteiger partial charge in [-0.1, -0.05) is 0 Å². The summed E-state index contributed by atoms with van der Waals surface area (Å²) in [6.07, 6.45) is 2.46. The standard InChI is InChI=1S/C13H22N6S/c1-10-9-20-8-7-19(10)13-16-11(14-2)15-12(17-13)18-5-3-4-6-18/h10H,3-9H2,1-2H3,(H,14,15,16,17). The van der Waals surface area contributed by atoms with Gasteiger partial charge in [0.15, 0.2) is 0 Å². The van der Waals surface area contributed by atoms with E-state index in [9.17, 15) is 0 Å². The van der Waals surface area contributed by atoms with Gasteiger partial charge in [-0.2, -0.15) is 26.7 Å². The number of rotatable bonds is 3. The molecule has 3 rings (SSSR count). The molecular formula is C13H22N6S. The fourth-order valence-corrected chi connectivity index (χ4v) is 3.69. The molecule has 0 aromatic carbocycles. The summed E-state index contributed by atoms with van der Waals surface area (Å²) in [5.74, 6) is 4.59. The van der Waals surface area contributed by atoms with Crippen LogP contribution in [-0.2, 0) is 0 Å². The molecule has 6 nitrogen and oxygen atoms in total. The van der Waals surface area contributed by atoms with Gasteiger partial charge in [0.25, 0.3) is 0 Å². The van der Waals surface area contributed by atoms with Crippen molar-refractivity contribution < 1.29 is 0 Å². The fourth-order valence-electron chi connectivity index (χ4n) is 2.68. The van der Waals surface area contributed by atoms with E-state index in [1.165, 1.54) is 12.8 Å². The zero-order chi connectivity index (χ0) is 13.9. The second kappa shape index (κ2) is 6.03. The summed E-state index contributed by atoms with van der Waals surface area (Å²) in [6.45, 7) is 5.36. The summed E-state index contributed by atoms with van der Waals surface area (Å²) in [7, 11) is 1.86. The third-order valence-corrected chi connectivity index (χ3v) is 5.04. The number of hydrogen-bond acceptors (Lipinski definition) is 7. The maximum Gasteiger partial charge on any atom is 0.232 e. The minimum absolute atomic E-state index is 0.479. The van der Waals surface area contributed by atoms with Gasteiger partial charge in [-0.25, -0.2) is 0 Å². The molecule has 1 aromatic rings. The molecular weight excluding hydrogens is 272 g/mol. The molecule has 2 aliphatic heterocycles. The Labute approximate surface area is 124 Å². The summed E-state index contributed by atoms with van der Waals surface area (Å²) in [4.78, 5) is 18.3. The van der Waals surface area contributed by atoms with Crippen LogP contribution in [0.2, 0.25) is 0 Å². The van der Waals surface area contributed by atoms with Gasteiger partial charge in [0.05, 0.1) is 0 Å². The first-order valence-corrected chi connectivity index (χ1v) is 8.46. The molecule has 0 bridgehead atoms. The molecule has 2 aliphatic rings. The molecule has 0 radical (unpaired) electrons. The van der Waals surface area contributed by atoms with Crippen LogP contribution >= 0.6 is 11.8 Å². The molecule has 0 amide bonds. The summed E-state index contributed by atoms with van der Waals surface area (Å²) < 4.78 is 0. The largest absolute Gasteiger partial charge is 0.357 e. The van der Waals surface area contributed by atoms with Gasteiger partial charge in [0, 0.05) is 44.2 Å². The van der Waals surface area contributed by atoms with Gasteiger partial charge in [-0.05, 0) is 19.8 Å². The van der Waals surface area contributed by atoms with Crippen molar-refractivity contribution in [1.82, 2.24) is 15.0 Å². The Morgan fingerprint density at radius 2 is 1.85 bits per heavy atom. The lowest BCUT2D eigenvalue weighted by molar-refractivity contribution is 0.673. The van der Waals surface area contributed by atoms with Crippen molar-refractivity contribution in [2.24, 2.45) is 0 Å². The molecule has 1 atom stereocenters. The molecule has 110 valence electrons. The summed E-state index contributed by atoms with van der Waals surface area (Å²) in [5.41, 5.74) is 0. The van der Waals surface area contributed by atoms with Gasteiger partial charge in [0.1, 0.15) is 0 Å². The molecule has 7 heteroatoms. The van der Waals surface area contributed by atoms with E-state index in [2.05, 4.69) is 32.0 Å². The third kappa shape index (κ3) is 2.77. The van der Waals surface area contributed by atoms with Crippen molar-refractivity contribution in [3.05, 3.63) is 0 Å². The lowest BCUT2D eigenvalue weighted by atomic mass is 10.3. The summed E-state index contributed by atoms with van der Waals surface area (Å²) >= 11 is 2.00. The Bertz CT molecular complexity index is 462. The molecule has 2 fully saturated rings.